The van der Waals surface area contributed by atoms with Crippen LogP contribution < -0.4 is 0 Å². The first kappa shape index (κ1) is 9.25. The average Bonchev–Trinajstić information content (AvgIpc) is 2.70. The molecule has 0 fully saturated rings. The number of aromatic nitrogens is 4. The smallest absolute Gasteiger partial charge is 0.258 e. The standard InChI is InChI=1S/C8H7N5O2/c1-6-2-7(13(14)15)3-10-8(6)12-5-9-4-11-12/h2-5H,1H3. The highest BCUT2D eigenvalue weighted by atomic mass is 16.6. The second-order valence-electron chi connectivity index (χ2n) is 2.93. The Morgan fingerprint density at radius 3 is 2.87 bits per heavy atom. The van der Waals surface area contributed by atoms with Crippen LogP contribution in [0.2, 0.25) is 0 Å². The molecule has 0 atom stereocenters. The van der Waals surface area contributed by atoms with E-state index in [1.54, 1.807) is 6.92 Å². The molecule has 0 radical (unpaired) electrons. The number of hydrogen-bond acceptors (Lipinski definition) is 5. The summed E-state index contributed by atoms with van der Waals surface area (Å²) in [5, 5.41) is 14.4. The van der Waals surface area contributed by atoms with E-state index in [0.29, 0.717) is 11.4 Å². The van der Waals surface area contributed by atoms with Gasteiger partial charge in [0, 0.05) is 11.6 Å². The Kier molecular flexibility index (Phi) is 2.13. The maximum atomic E-state index is 10.5. The van der Waals surface area contributed by atoms with E-state index in [4.69, 9.17) is 0 Å². The first-order chi connectivity index (χ1) is 7.18. The maximum absolute atomic E-state index is 10.5. The van der Waals surface area contributed by atoms with E-state index >= 15 is 0 Å². The van der Waals surface area contributed by atoms with Crippen molar-refractivity contribution in [2.24, 2.45) is 0 Å². The van der Waals surface area contributed by atoms with Crippen molar-refractivity contribution in [1.82, 2.24) is 19.7 Å². The molecular weight excluding hydrogens is 198 g/mol. The molecule has 0 aliphatic heterocycles. The molecule has 0 aromatic carbocycles. The van der Waals surface area contributed by atoms with Gasteiger partial charge in [-0.25, -0.2) is 14.6 Å². The Hall–Kier alpha value is -2.31. The summed E-state index contributed by atoms with van der Waals surface area (Å²) in [5.74, 6) is 0.540. The predicted octanol–water partition coefficient (Wildman–Crippen LogP) is 0.879. The Labute approximate surface area is 84.6 Å². The minimum Gasteiger partial charge on any atom is -0.258 e. The Morgan fingerprint density at radius 1 is 1.53 bits per heavy atom. The highest BCUT2D eigenvalue weighted by molar-refractivity contribution is 5.40. The van der Waals surface area contributed by atoms with Gasteiger partial charge in [-0.3, -0.25) is 10.1 Å². The number of nitrogens with zero attached hydrogens (tertiary/aromatic N) is 5. The van der Waals surface area contributed by atoms with Crippen molar-refractivity contribution in [2.45, 2.75) is 6.92 Å². The fraction of sp³-hybridized carbons (Fsp3) is 0.125. The molecule has 0 aliphatic rings. The SMILES string of the molecule is Cc1cc([N+](=O)[O-])cnc1-n1cncn1. The van der Waals surface area contributed by atoms with Crippen molar-refractivity contribution in [3.05, 3.63) is 40.6 Å². The Bertz CT molecular complexity index is 494. The molecule has 2 aromatic heterocycles. The molecule has 0 spiro atoms. The summed E-state index contributed by atoms with van der Waals surface area (Å²) in [4.78, 5) is 17.7. The van der Waals surface area contributed by atoms with Gasteiger partial charge in [0.25, 0.3) is 5.69 Å². The second kappa shape index (κ2) is 3.45. The van der Waals surface area contributed by atoms with E-state index in [9.17, 15) is 10.1 Å². The van der Waals surface area contributed by atoms with Gasteiger partial charge in [0.15, 0.2) is 5.82 Å². The third-order valence-electron chi connectivity index (χ3n) is 1.88. The molecule has 0 N–H and O–H groups in total. The van der Waals surface area contributed by atoms with Crippen LogP contribution in [0, 0.1) is 17.0 Å². The molecule has 0 bridgehead atoms. The van der Waals surface area contributed by atoms with Gasteiger partial charge in [0.05, 0.1) is 4.92 Å². The number of rotatable bonds is 2. The van der Waals surface area contributed by atoms with Crippen molar-refractivity contribution < 1.29 is 4.92 Å². The van der Waals surface area contributed by atoms with Gasteiger partial charge in [0.2, 0.25) is 0 Å². The van der Waals surface area contributed by atoms with E-state index in [1.165, 1.54) is 29.6 Å². The van der Waals surface area contributed by atoms with Crippen molar-refractivity contribution in [2.75, 3.05) is 0 Å². The Morgan fingerprint density at radius 2 is 2.33 bits per heavy atom. The van der Waals surface area contributed by atoms with Crippen LogP contribution in [-0.2, 0) is 0 Å². The Balaban J connectivity index is 2.48. The normalized spacial score (nSPS) is 10.2. The number of aryl methyl sites for hydroxylation is 1. The molecule has 0 saturated heterocycles. The number of hydrogen-bond donors (Lipinski definition) is 0. The van der Waals surface area contributed by atoms with Crippen LogP contribution >= 0.6 is 0 Å². The molecule has 0 aliphatic carbocycles. The fourth-order valence-corrected chi connectivity index (χ4v) is 1.21. The van der Waals surface area contributed by atoms with Crippen molar-refractivity contribution in [3.63, 3.8) is 0 Å². The molecule has 0 amide bonds. The third kappa shape index (κ3) is 1.66. The molecule has 2 heterocycles. The van der Waals surface area contributed by atoms with Crippen molar-refractivity contribution in [3.8, 4) is 5.82 Å². The van der Waals surface area contributed by atoms with E-state index in [-0.39, 0.29) is 5.69 Å². The van der Waals surface area contributed by atoms with Crippen molar-refractivity contribution in [1.29, 1.82) is 0 Å². The van der Waals surface area contributed by atoms with Crippen LogP contribution in [-0.4, -0.2) is 24.7 Å². The zero-order valence-corrected chi connectivity index (χ0v) is 7.86. The van der Waals surface area contributed by atoms with E-state index in [2.05, 4.69) is 15.1 Å². The van der Waals surface area contributed by atoms with Crippen molar-refractivity contribution >= 4 is 5.69 Å². The monoisotopic (exact) mass is 205 g/mol. The summed E-state index contributed by atoms with van der Waals surface area (Å²) in [6, 6.07) is 1.45. The van der Waals surface area contributed by atoms with E-state index < -0.39 is 4.92 Å². The largest absolute Gasteiger partial charge is 0.287 e. The molecule has 0 saturated carbocycles. The lowest BCUT2D eigenvalue weighted by Crippen LogP contribution is -2.02. The minimum absolute atomic E-state index is 0.0311. The highest BCUT2D eigenvalue weighted by Gasteiger charge is 2.10. The summed E-state index contributed by atoms with van der Waals surface area (Å²) in [6.45, 7) is 1.73. The molecule has 76 valence electrons. The summed E-state index contributed by atoms with van der Waals surface area (Å²) in [6.07, 6.45) is 4.06. The molecule has 0 unspecified atom stereocenters. The lowest BCUT2D eigenvalue weighted by atomic mass is 10.2. The topological polar surface area (TPSA) is 86.7 Å². The van der Waals surface area contributed by atoms with Crippen LogP contribution in [0.15, 0.2) is 24.9 Å². The van der Waals surface area contributed by atoms with Gasteiger partial charge in [-0.15, -0.1) is 0 Å². The van der Waals surface area contributed by atoms with Gasteiger partial charge >= 0.3 is 0 Å². The minimum atomic E-state index is -0.481. The molecule has 2 rings (SSSR count). The second-order valence-corrected chi connectivity index (χ2v) is 2.93. The summed E-state index contributed by atoms with van der Waals surface area (Å²) < 4.78 is 1.46. The van der Waals surface area contributed by atoms with Gasteiger partial charge in [-0.1, -0.05) is 0 Å². The lowest BCUT2D eigenvalue weighted by molar-refractivity contribution is -0.385. The summed E-state index contributed by atoms with van der Waals surface area (Å²) in [5.41, 5.74) is 0.645. The van der Waals surface area contributed by atoms with Gasteiger partial charge in [-0.05, 0) is 6.92 Å². The van der Waals surface area contributed by atoms with Crippen LogP contribution in [0.1, 0.15) is 5.56 Å². The molecular formula is C8H7N5O2. The number of nitro groups is 1. The quantitative estimate of drug-likeness (QED) is 0.536. The first-order valence-electron chi connectivity index (χ1n) is 4.14. The predicted molar refractivity (Wildman–Crippen MR) is 50.5 cm³/mol. The van der Waals surface area contributed by atoms with E-state index in [0.717, 1.165) is 0 Å². The zero-order chi connectivity index (χ0) is 10.8. The summed E-state index contributed by atoms with van der Waals surface area (Å²) >= 11 is 0. The molecule has 7 heteroatoms. The van der Waals surface area contributed by atoms with Gasteiger partial charge in [0.1, 0.15) is 18.9 Å². The molecule has 15 heavy (non-hydrogen) atoms. The van der Waals surface area contributed by atoms with Crippen LogP contribution in [0.5, 0.6) is 0 Å². The fourth-order valence-electron chi connectivity index (χ4n) is 1.21. The molecule has 2 aromatic rings. The highest BCUT2D eigenvalue weighted by Crippen LogP contribution is 2.16. The van der Waals surface area contributed by atoms with Crippen LogP contribution in [0.25, 0.3) is 5.82 Å². The molecule has 7 nitrogen and oxygen atoms in total. The average molecular weight is 205 g/mol. The van der Waals surface area contributed by atoms with Crippen LogP contribution in [0.3, 0.4) is 0 Å². The first-order valence-corrected chi connectivity index (χ1v) is 4.14. The van der Waals surface area contributed by atoms with E-state index in [1.807, 2.05) is 0 Å². The number of pyridine rings is 1. The lowest BCUT2D eigenvalue weighted by Gasteiger charge is -2.02. The van der Waals surface area contributed by atoms with Crippen LogP contribution in [0.4, 0.5) is 5.69 Å². The van der Waals surface area contributed by atoms with Gasteiger partial charge < -0.3 is 0 Å². The zero-order valence-electron chi connectivity index (χ0n) is 7.86. The van der Waals surface area contributed by atoms with Gasteiger partial charge in [-0.2, -0.15) is 5.10 Å². The third-order valence-corrected chi connectivity index (χ3v) is 1.88. The summed E-state index contributed by atoms with van der Waals surface area (Å²) in [7, 11) is 0. The maximum Gasteiger partial charge on any atom is 0.287 e.